The number of likely N-dealkylation sites (N-methyl/N-ethyl adjacent to an activating group) is 1. The zero-order valence-electron chi connectivity index (χ0n) is 19.7. The lowest BCUT2D eigenvalue weighted by Crippen LogP contribution is -2.37. The highest BCUT2D eigenvalue weighted by molar-refractivity contribution is 14.0. The first kappa shape index (κ1) is 26.7. The molecule has 3 rings (SSSR count). The first-order valence-corrected chi connectivity index (χ1v) is 11.1. The molecule has 0 saturated carbocycles. The predicted molar refractivity (Wildman–Crippen MR) is 148 cm³/mol. The van der Waals surface area contributed by atoms with Crippen LogP contribution in [0, 0.1) is 0 Å². The Kier molecular flexibility index (Phi) is 11.2. The number of halogens is 1. The molecule has 0 aliphatic heterocycles. The topological polar surface area (TPSA) is 73.7 Å². The van der Waals surface area contributed by atoms with Gasteiger partial charge in [-0.3, -0.25) is 9.79 Å². The summed E-state index contributed by atoms with van der Waals surface area (Å²) in [6.07, 6.45) is 3.13. The van der Waals surface area contributed by atoms with Crippen LogP contribution in [-0.2, 0) is 13.1 Å². The van der Waals surface area contributed by atoms with Crippen LogP contribution in [0.4, 0.5) is 0 Å². The molecular formula is C25H35IN6O. The van der Waals surface area contributed by atoms with Gasteiger partial charge in [-0.2, -0.15) is 0 Å². The van der Waals surface area contributed by atoms with Crippen molar-refractivity contribution < 1.29 is 4.79 Å². The Morgan fingerprint density at radius 1 is 1.00 bits per heavy atom. The number of aryl methyl sites for hydroxylation is 1. The van der Waals surface area contributed by atoms with Crippen LogP contribution in [0.5, 0.6) is 0 Å². The van der Waals surface area contributed by atoms with Crippen molar-refractivity contribution in [1.29, 1.82) is 0 Å². The third-order valence-corrected chi connectivity index (χ3v) is 5.27. The summed E-state index contributed by atoms with van der Waals surface area (Å²) in [5.74, 6) is 0.706. The molecule has 8 heteroatoms. The van der Waals surface area contributed by atoms with E-state index in [0.717, 1.165) is 37.6 Å². The number of hydrogen-bond acceptors (Lipinski definition) is 3. The van der Waals surface area contributed by atoms with Crippen molar-refractivity contribution in [2.24, 2.45) is 4.99 Å². The molecule has 0 atom stereocenters. The molecule has 7 nitrogen and oxygen atoms in total. The number of amides is 1. The number of nitrogens with one attached hydrogen (secondary N) is 3. The van der Waals surface area contributed by atoms with Gasteiger partial charge >= 0.3 is 0 Å². The van der Waals surface area contributed by atoms with Gasteiger partial charge in [-0.1, -0.05) is 30.3 Å². The molecule has 3 N–H and O–H groups in total. The second kappa shape index (κ2) is 13.8. The average molecular weight is 563 g/mol. The van der Waals surface area contributed by atoms with Gasteiger partial charge in [0.1, 0.15) is 0 Å². The van der Waals surface area contributed by atoms with Gasteiger partial charge in [0.2, 0.25) is 0 Å². The van der Waals surface area contributed by atoms with E-state index in [4.69, 9.17) is 0 Å². The standard InChI is InChI=1S/C25H34N6O.HI/c1-26-25(28-13-7-15-31-16-12-21-9-4-5-11-23(21)31)29-19-20-8-6-10-22(18-20)24(32)27-14-17-30(2)3;/h4-6,8-12,16,18H,7,13-15,17,19H2,1-3H3,(H,27,32)(H2,26,28,29);1H. The second-order valence-corrected chi connectivity index (χ2v) is 8.03. The van der Waals surface area contributed by atoms with Gasteiger partial charge in [-0.15, -0.1) is 24.0 Å². The Bertz CT molecular complexity index is 1050. The zero-order chi connectivity index (χ0) is 22.8. The molecule has 0 aliphatic rings. The van der Waals surface area contributed by atoms with Gasteiger partial charge in [0.25, 0.3) is 5.91 Å². The number of hydrogen-bond donors (Lipinski definition) is 3. The van der Waals surface area contributed by atoms with Crippen molar-refractivity contribution >= 4 is 46.7 Å². The maximum atomic E-state index is 12.3. The highest BCUT2D eigenvalue weighted by atomic mass is 127. The van der Waals surface area contributed by atoms with Crippen molar-refractivity contribution in [1.82, 2.24) is 25.4 Å². The third kappa shape index (κ3) is 8.36. The molecule has 2 aromatic carbocycles. The van der Waals surface area contributed by atoms with Gasteiger partial charge in [-0.25, -0.2) is 0 Å². The summed E-state index contributed by atoms with van der Waals surface area (Å²) in [7, 11) is 5.74. The summed E-state index contributed by atoms with van der Waals surface area (Å²) in [5.41, 5.74) is 2.97. The Labute approximate surface area is 213 Å². The lowest BCUT2D eigenvalue weighted by atomic mass is 10.1. The van der Waals surface area contributed by atoms with Gasteiger partial charge in [0, 0.05) is 57.0 Å². The minimum absolute atomic E-state index is 0. The van der Waals surface area contributed by atoms with Crippen LogP contribution in [0.1, 0.15) is 22.3 Å². The second-order valence-electron chi connectivity index (χ2n) is 8.03. The van der Waals surface area contributed by atoms with E-state index in [2.05, 4.69) is 62.0 Å². The predicted octanol–water partition coefficient (Wildman–Crippen LogP) is 3.31. The lowest BCUT2D eigenvalue weighted by Gasteiger charge is -2.13. The maximum absolute atomic E-state index is 12.3. The van der Waals surface area contributed by atoms with Crippen LogP contribution >= 0.6 is 24.0 Å². The van der Waals surface area contributed by atoms with E-state index in [-0.39, 0.29) is 29.9 Å². The molecule has 0 radical (unpaired) electrons. The van der Waals surface area contributed by atoms with E-state index >= 15 is 0 Å². The smallest absolute Gasteiger partial charge is 0.251 e. The monoisotopic (exact) mass is 562 g/mol. The third-order valence-electron chi connectivity index (χ3n) is 5.27. The Morgan fingerprint density at radius 2 is 1.82 bits per heavy atom. The fourth-order valence-corrected chi connectivity index (χ4v) is 3.52. The van der Waals surface area contributed by atoms with E-state index in [1.807, 2.05) is 43.3 Å². The van der Waals surface area contributed by atoms with E-state index in [1.165, 1.54) is 10.9 Å². The van der Waals surface area contributed by atoms with Gasteiger partial charge in [0.05, 0.1) is 0 Å². The van der Waals surface area contributed by atoms with Crippen LogP contribution in [0.25, 0.3) is 10.9 Å². The summed E-state index contributed by atoms with van der Waals surface area (Å²) < 4.78 is 2.28. The first-order valence-electron chi connectivity index (χ1n) is 11.1. The van der Waals surface area contributed by atoms with Crippen molar-refractivity contribution in [2.45, 2.75) is 19.5 Å². The Balaban J connectivity index is 0.00000385. The number of para-hydroxylation sites is 1. The molecule has 1 aromatic heterocycles. The van der Waals surface area contributed by atoms with Crippen LogP contribution < -0.4 is 16.0 Å². The van der Waals surface area contributed by atoms with Crippen molar-refractivity contribution in [2.75, 3.05) is 40.8 Å². The number of aliphatic imine (C=N–C) groups is 1. The molecule has 3 aromatic rings. The fraction of sp³-hybridized carbons (Fsp3) is 0.360. The van der Waals surface area contributed by atoms with E-state index in [9.17, 15) is 4.79 Å². The molecule has 178 valence electrons. The number of aromatic nitrogens is 1. The highest BCUT2D eigenvalue weighted by Gasteiger charge is 2.07. The minimum Gasteiger partial charge on any atom is -0.356 e. The molecule has 0 fully saturated rings. The fourth-order valence-electron chi connectivity index (χ4n) is 3.52. The molecule has 0 spiro atoms. The summed E-state index contributed by atoms with van der Waals surface area (Å²) in [5, 5.41) is 10.9. The normalized spacial score (nSPS) is 11.3. The first-order chi connectivity index (χ1) is 15.6. The number of carbonyl (C=O) groups excluding carboxylic acids is 1. The maximum Gasteiger partial charge on any atom is 0.251 e. The van der Waals surface area contributed by atoms with Gasteiger partial charge in [0.15, 0.2) is 5.96 Å². The Morgan fingerprint density at radius 3 is 2.61 bits per heavy atom. The van der Waals surface area contributed by atoms with Crippen LogP contribution in [0.3, 0.4) is 0 Å². The van der Waals surface area contributed by atoms with E-state index < -0.39 is 0 Å². The molecule has 0 bridgehead atoms. The number of benzene rings is 2. The molecular weight excluding hydrogens is 527 g/mol. The van der Waals surface area contributed by atoms with Gasteiger partial charge in [-0.05, 0) is 55.7 Å². The zero-order valence-corrected chi connectivity index (χ0v) is 22.0. The van der Waals surface area contributed by atoms with Crippen molar-refractivity contribution in [3.8, 4) is 0 Å². The Hall–Kier alpha value is -2.59. The SMILES string of the molecule is CN=C(NCCCn1ccc2ccccc21)NCc1cccc(C(=O)NCCN(C)C)c1.I. The van der Waals surface area contributed by atoms with Crippen LogP contribution in [-0.4, -0.2) is 62.1 Å². The van der Waals surface area contributed by atoms with E-state index in [0.29, 0.717) is 18.7 Å². The molecule has 0 saturated heterocycles. The van der Waals surface area contributed by atoms with Gasteiger partial charge < -0.3 is 25.4 Å². The van der Waals surface area contributed by atoms with Crippen molar-refractivity contribution in [3.63, 3.8) is 0 Å². The summed E-state index contributed by atoms with van der Waals surface area (Å²) in [4.78, 5) is 18.7. The molecule has 0 unspecified atom stereocenters. The highest BCUT2D eigenvalue weighted by Crippen LogP contribution is 2.15. The van der Waals surface area contributed by atoms with E-state index in [1.54, 1.807) is 7.05 Å². The summed E-state index contributed by atoms with van der Waals surface area (Å²) in [6, 6.07) is 18.3. The number of rotatable bonds is 10. The van der Waals surface area contributed by atoms with Crippen LogP contribution in [0.2, 0.25) is 0 Å². The molecule has 1 heterocycles. The lowest BCUT2D eigenvalue weighted by molar-refractivity contribution is 0.0951. The largest absolute Gasteiger partial charge is 0.356 e. The summed E-state index contributed by atoms with van der Waals surface area (Å²) >= 11 is 0. The molecule has 1 amide bonds. The molecule has 33 heavy (non-hydrogen) atoms. The van der Waals surface area contributed by atoms with Crippen molar-refractivity contribution in [3.05, 3.63) is 71.9 Å². The summed E-state index contributed by atoms with van der Waals surface area (Å²) in [6.45, 7) is 3.81. The average Bonchev–Trinajstić information content (AvgIpc) is 3.21. The van der Waals surface area contributed by atoms with Crippen LogP contribution in [0.15, 0.2) is 65.8 Å². The number of carbonyl (C=O) groups is 1. The quantitative estimate of drug-likeness (QED) is 0.154. The number of nitrogens with zero attached hydrogens (tertiary/aromatic N) is 3. The minimum atomic E-state index is -0.0475. The molecule has 0 aliphatic carbocycles. The number of guanidine groups is 1. The number of fused-ring (bicyclic) bond motifs is 1.